The summed E-state index contributed by atoms with van der Waals surface area (Å²) in [6.45, 7) is 13.0. The average molecular weight is 526 g/mol. The second-order valence-corrected chi connectivity index (χ2v) is 16.5. The molecule has 3 rings (SSSR count). The highest BCUT2D eigenvalue weighted by atomic mass is 32.2. The van der Waals surface area contributed by atoms with Gasteiger partial charge in [-0.1, -0.05) is 59.6 Å². The monoisotopic (exact) mass is 525 g/mol. The van der Waals surface area contributed by atoms with Crippen molar-refractivity contribution >= 4 is 40.8 Å². The van der Waals surface area contributed by atoms with Crippen molar-refractivity contribution in [3.8, 4) is 11.5 Å². The molecule has 2 aromatic rings. The molecule has 0 radical (unpaired) electrons. The maximum Gasteiger partial charge on any atom is 0.525 e. The lowest BCUT2D eigenvalue weighted by Gasteiger charge is -2.38. The number of halogens is 3. The molecule has 0 aromatic heterocycles. The third-order valence-corrected chi connectivity index (χ3v) is 13.8. The SMILES string of the molecule is CC(C)[Si](C#Cc1ccc2c3c(cccc13)C(=O)N(OS(=O)(=O)C(F)(F)F)C2=O)(C(C)C)C(C)C. The molecule has 2 aromatic carbocycles. The highest BCUT2D eigenvalue weighted by Gasteiger charge is 2.51. The van der Waals surface area contributed by atoms with Gasteiger partial charge >= 0.3 is 15.6 Å². The summed E-state index contributed by atoms with van der Waals surface area (Å²) in [6, 6.07) is 7.33. The zero-order chi connectivity index (χ0) is 26.5. The fourth-order valence-electron chi connectivity index (χ4n) is 5.00. The number of hydrogen-bond acceptors (Lipinski definition) is 5. The topological polar surface area (TPSA) is 80.8 Å². The minimum absolute atomic E-state index is 0.154. The van der Waals surface area contributed by atoms with Crippen molar-refractivity contribution < 1.29 is 35.5 Å². The van der Waals surface area contributed by atoms with Crippen LogP contribution in [0.15, 0.2) is 30.3 Å². The van der Waals surface area contributed by atoms with Crippen molar-refractivity contribution in [2.24, 2.45) is 0 Å². The molecular weight excluding hydrogens is 499 g/mol. The van der Waals surface area contributed by atoms with Gasteiger partial charge in [-0.15, -0.1) is 14.9 Å². The van der Waals surface area contributed by atoms with Gasteiger partial charge in [-0.3, -0.25) is 9.59 Å². The van der Waals surface area contributed by atoms with Crippen LogP contribution in [-0.4, -0.2) is 38.9 Å². The minimum Gasteiger partial charge on any atom is -0.266 e. The number of hydrogen-bond donors (Lipinski definition) is 0. The standard InChI is InChI=1S/C24H26F3NO5SSi/c1-14(2)35(15(3)4,16(5)6)13-12-17-10-11-20-21-18(17)8-7-9-19(21)22(29)28(23(20)30)33-34(31,32)24(25,26)27/h7-11,14-16H,1-6H3. The molecule has 1 aliphatic heterocycles. The zero-order valence-electron chi connectivity index (χ0n) is 20.1. The Hall–Kier alpha value is -2.68. The highest BCUT2D eigenvalue weighted by Crippen LogP contribution is 2.41. The smallest absolute Gasteiger partial charge is 0.266 e. The summed E-state index contributed by atoms with van der Waals surface area (Å²) in [7, 11) is -8.32. The third kappa shape index (κ3) is 4.39. The number of amides is 2. The lowest BCUT2D eigenvalue weighted by Crippen LogP contribution is -2.44. The molecule has 0 fully saturated rings. The first-order valence-corrected chi connectivity index (χ1v) is 14.7. The third-order valence-electron chi connectivity index (χ3n) is 6.61. The van der Waals surface area contributed by atoms with E-state index in [1.165, 1.54) is 18.2 Å². The number of hydroxylamine groups is 2. The van der Waals surface area contributed by atoms with E-state index in [0.717, 1.165) is 0 Å². The van der Waals surface area contributed by atoms with E-state index in [4.69, 9.17) is 0 Å². The molecule has 6 nitrogen and oxygen atoms in total. The van der Waals surface area contributed by atoms with E-state index in [-0.39, 0.29) is 21.6 Å². The first-order chi connectivity index (χ1) is 16.1. The lowest BCUT2D eigenvalue weighted by molar-refractivity contribution is -0.0761. The molecule has 0 spiro atoms. The molecule has 11 heteroatoms. The molecule has 0 bridgehead atoms. The van der Waals surface area contributed by atoms with Crippen molar-refractivity contribution in [3.63, 3.8) is 0 Å². The molecule has 188 valence electrons. The predicted octanol–water partition coefficient (Wildman–Crippen LogP) is 5.79. The van der Waals surface area contributed by atoms with Gasteiger partial charge in [0, 0.05) is 10.9 Å². The first-order valence-electron chi connectivity index (χ1n) is 11.0. The van der Waals surface area contributed by atoms with Crippen LogP contribution < -0.4 is 0 Å². The molecule has 2 amide bonds. The van der Waals surface area contributed by atoms with Crippen LogP contribution in [0.25, 0.3) is 10.8 Å². The molecule has 1 heterocycles. The number of carbonyl (C=O) groups is 2. The van der Waals surface area contributed by atoms with Gasteiger partial charge in [-0.05, 0) is 40.2 Å². The van der Waals surface area contributed by atoms with Gasteiger partial charge in [-0.2, -0.15) is 21.6 Å². The maximum absolute atomic E-state index is 12.8. The Labute approximate surface area is 203 Å². The van der Waals surface area contributed by atoms with Gasteiger partial charge < -0.3 is 0 Å². The van der Waals surface area contributed by atoms with Gasteiger partial charge in [0.2, 0.25) is 0 Å². The van der Waals surface area contributed by atoms with Crippen LogP contribution >= 0.6 is 0 Å². The molecular formula is C24H26F3NO5SSi. The molecule has 0 N–H and O–H groups in total. The Morgan fingerprint density at radius 3 is 1.89 bits per heavy atom. The van der Waals surface area contributed by atoms with Crippen LogP contribution in [0, 0.1) is 11.5 Å². The van der Waals surface area contributed by atoms with Crippen LogP contribution in [-0.2, 0) is 14.4 Å². The van der Waals surface area contributed by atoms with E-state index in [2.05, 4.69) is 57.3 Å². The number of imide groups is 1. The fourth-order valence-corrected chi connectivity index (χ4v) is 10.6. The van der Waals surface area contributed by atoms with Crippen molar-refractivity contribution in [1.82, 2.24) is 5.06 Å². The summed E-state index contributed by atoms with van der Waals surface area (Å²) >= 11 is 0. The molecule has 0 saturated carbocycles. The Morgan fingerprint density at radius 2 is 1.40 bits per heavy atom. The first kappa shape index (κ1) is 26.9. The van der Waals surface area contributed by atoms with Crippen LogP contribution in [0.4, 0.5) is 13.2 Å². The maximum atomic E-state index is 12.8. The summed E-state index contributed by atoms with van der Waals surface area (Å²) in [6.07, 6.45) is 0. The summed E-state index contributed by atoms with van der Waals surface area (Å²) < 4.78 is 65.2. The number of alkyl halides is 3. The molecule has 0 saturated heterocycles. The van der Waals surface area contributed by atoms with Crippen molar-refractivity contribution in [3.05, 3.63) is 47.0 Å². The quantitative estimate of drug-likeness (QED) is 0.214. The van der Waals surface area contributed by atoms with Gasteiger partial charge in [0.05, 0.1) is 11.1 Å². The molecule has 0 unspecified atom stereocenters. The van der Waals surface area contributed by atoms with Crippen molar-refractivity contribution in [2.45, 2.75) is 63.7 Å². The van der Waals surface area contributed by atoms with E-state index < -0.39 is 35.5 Å². The van der Waals surface area contributed by atoms with E-state index in [9.17, 15) is 31.2 Å². The summed E-state index contributed by atoms with van der Waals surface area (Å²) in [4.78, 5) is 25.7. The number of rotatable bonds is 5. The molecule has 35 heavy (non-hydrogen) atoms. The highest BCUT2D eigenvalue weighted by molar-refractivity contribution is 7.87. The molecule has 0 atom stereocenters. The number of nitrogens with zero attached hydrogens (tertiary/aromatic N) is 1. The van der Waals surface area contributed by atoms with Crippen LogP contribution in [0.1, 0.15) is 67.8 Å². The Bertz CT molecular complexity index is 1330. The molecule has 1 aliphatic rings. The number of carbonyl (C=O) groups excluding carboxylic acids is 2. The Morgan fingerprint density at radius 1 is 0.886 bits per heavy atom. The Kier molecular flexibility index (Phi) is 6.98. The zero-order valence-corrected chi connectivity index (χ0v) is 22.0. The summed E-state index contributed by atoms with van der Waals surface area (Å²) in [5, 5.41) is 0.315. The van der Waals surface area contributed by atoms with Crippen molar-refractivity contribution in [2.75, 3.05) is 0 Å². The van der Waals surface area contributed by atoms with E-state index in [1.54, 1.807) is 12.1 Å². The second-order valence-electron chi connectivity index (χ2n) is 9.42. The normalized spacial score (nSPS) is 14.8. The fraction of sp³-hybridized carbons (Fsp3) is 0.417. The van der Waals surface area contributed by atoms with Crippen LogP contribution in [0.2, 0.25) is 16.6 Å². The van der Waals surface area contributed by atoms with Gasteiger partial charge in [0.1, 0.15) is 8.07 Å². The summed E-state index contributed by atoms with van der Waals surface area (Å²) in [5.74, 6) is 0.665. The van der Waals surface area contributed by atoms with E-state index in [1.807, 2.05) is 0 Å². The van der Waals surface area contributed by atoms with Crippen LogP contribution in [0.5, 0.6) is 0 Å². The minimum atomic E-state index is -6.23. The average Bonchev–Trinajstić information content (AvgIpc) is 2.74. The van der Waals surface area contributed by atoms with Crippen LogP contribution in [0.3, 0.4) is 0 Å². The van der Waals surface area contributed by atoms with Gasteiger partial charge in [0.15, 0.2) is 0 Å². The van der Waals surface area contributed by atoms with Gasteiger partial charge in [0.25, 0.3) is 11.8 Å². The number of benzene rings is 2. The predicted molar refractivity (Wildman–Crippen MR) is 128 cm³/mol. The molecule has 0 aliphatic carbocycles. The second kappa shape index (κ2) is 9.08. The Balaban J connectivity index is 2.18. The van der Waals surface area contributed by atoms with E-state index in [0.29, 0.717) is 27.6 Å². The summed E-state index contributed by atoms with van der Waals surface area (Å²) in [5.41, 5.74) is -0.847. The van der Waals surface area contributed by atoms with E-state index >= 15 is 0 Å². The largest absolute Gasteiger partial charge is 0.525 e. The van der Waals surface area contributed by atoms with Gasteiger partial charge in [-0.25, -0.2) is 0 Å². The van der Waals surface area contributed by atoms with Crippen molar-refractivity contribution in [1.29, 1.82) is 0 Å². The lowest BCUT2D eigenvalue weighted by atomic mass is 9.92.